The summed E-state index contributed by atoms with van der Waals surface area (Å²) in [5.74, 6) is 6.98. The molecule has 0 saturated heterocycles. The molecule has 0 bridgehead atoms. The van der Waals surface area contributed by atoms with Crippen molar-refractivity contribution in [3.8, 4) is 11.8 Å². The Kier molecular flexibility index (Phi) is 5.41. The Hall–Kier alpha value is -0.440. The van der Waals surface area contributed by atoms with Gasteiger partial charge in [-0.05, 0) is 12.3 Å². The monoisotopic (exact) mass is 124 g/mol. The van der Waals surface area contributed by atoms with E-state index in [1.807, 2.05) is 0 Å². The lowest BCUT2D eigenvalue weighted by atomic mass is 10.1. The summed E-state index contributed by atoms with van der Waals surface area (Å²) in [4.78, 5) is 0. The Labute approximate surface area is 58.7 Å². The first kappa shape index (κ1) is 8.56. The minimum Gasteiger partial charge on any atom is -0.103 e. The molecule has 0 aromatic carbocycles. The van der Waals surface area contributed by atoms with Gasteiger partial charge in [-0.2, -0.15) is 0 Å². The summed E-state index contributed by atoms with van der Waals surface area (Å²) in [6.45, 7) is 6.55. The first-order valence-corrected chi connectivity index (χ1v) is 3.73. The first-order chi connectivity index (χ1) is 4.27. The van der Waals surface area contributed by atoms with Gasteiger partial charge in [0.2, 0.25) is 0 Å². The topological polar surface area (TPSA) is 0 Å². The van der Waals surface area contributed by atoms with E-state index in [9.17, 15) is 0 Å². The lowest BCUT2D eigenvalue weighted by Gasteiger charge is -1.92. The van der Waals surface area contributed by atoms with Crippen LogP contribution in [0.5, 0.6) is 0 Å². The van der Waals surface area contributed by atoms with Crippen LogP contribution in [0.4, 0.5) is 0 Å². The standard InChI is InChI=1S/C9H16/c1-4-5-6-7-8-9(2)3/h9H,4-5,8H2,1-3H3. The average Bonchev–Trinajstić information content (AvgIpc) is 1.80. The van der Waals surface area contributed by atoms with Crippen LogP contribution < -0.4 is 0 Å². The quantitative estimate of drug-likeness (QED) is 0.496. The average molecular weight is 124 g/mol. The fourth-order valence-corrected chi connectivity index (χ4v) is 0.490. The third-order valence-electron chi connectivity index (χ3n) is 1.01. The van der Waals surface area contributed by atoms with Crippen molar-refractivity contribution >= 4 is 0 Å². The molecule has 0 unspecified atom stereocenters. The Bertz CT molecular complexity index is 101. The van der Waals surface area contributed by atoms with Crippen LogP contribution in [-0.2, 0) is 0 Å². The fraction of sp³-hybridized carbons (Fsp3) is 0.778. The highest BCUT2D eigenvalue weighted by atomic mass is 13.9. The van der Waals surface area contributed by atoms with Crippen LogP contribution in [0.2, 0.25) is 0 Å². The molecular weight excluding hydrogens is 108 g/mol. The molecule has 0 N–H and O–H groups in total. The number of rotatable bonds is 2. The maximum Gasteiger partial charge on any atom is 0.0112 e. The molecule has 0 aliphatic rings. The van der Waals surface area contributed by atoms with Crippen LogP contribution in [0, 0.1) is 17.8 Å². The van der Waals surface area contributed by atoms with Crippen molar-refractivity contribution in [3.63, 3.8) is 0 Å². The van der Waals surface area contributed by atoms with Crippen LogP contribution in [0.15, 0.2) is 0 Å². The van der Waals surface area contributed by atoms with E-state index >= 15 is 0 Å². The van der Waals surface area contributed by atoms with E-state index in [1.165, 1.54) is 6.42 Å². The minimum atomic E-state index is 0.731. The second kappa shape index (κ2) is 5.69. The van der Waals surface area contributed by atoms with Crippen molar-refractivity contribution in [3.05, 3.63) is 0 Å². The summed E-state index contributed by atoms with van der Waals surface area (Å²) in [6, 6.07) is 0. The molecular formula is C9H16. The lowest BCUT2D eigenvalue weighted by Crippen LogP contribution is -1.81. The van der Waals surface area contributed by atoms with Gasteiger partial charge in [0.05, 0.1) is 0 Å². The number of hydrogen-bond acceptors (Lipinski definition) is 0. The lowest BCUT2D eigenvalue weighted by molar-refractivity contribution is 0.675. The maximum atomic E-state index is 3.14. The zero-order valence-corrected chi connectivity index (χ0v) is 6.70. The van der Waals surface area contributed by atoms with E-state index in [-0.39, 0.29) is 0 Å². The SMILES string of the molecule is CCCC#CCC(C)C. The van der Waals surface area contributed by atoms with E-state index in [0.29, 0.717) is 0 Å². The van der Waals surface area contributed by atoms with Crippen LogP contribution in [0.25, 0.3) is 0 Å². The molecule has 0 saturated carbocycles. The Morgan fingerprint density at radius 1 is 1.22 bits per heavy atom. The van der Waals surface area contributed by atoms with Gasteiger partial charge < -0.3 is 0 Å². The van der Waals surface area contributed by atoms with Crippen LogP contribution in [0.1, 0.15) is 40.0 Å². The fourth-order valence-electron chi connectivity index (χ4n) is 0.490. The van der Waals surface area contributed by atoms with Crippen molar-refractivity contribution < 1.29 is 0 Å². The third-order valence-corrected chi connectivity index (χ3v) is 1.01. The van der Waals surface area contributed by atoms with Gasteiger partial charge in [-0.25, -0.2) is 0 Å². The maximum absolute atomic E-state index is 3.14. The molecule has 0 spiro atoms. The normalized spacial score (nSPS) is 8.89. The predicted octanol–water partition coefficient (Wildman–Crippen LogP) is 2.84. The Morgan fingerprint density at radius 2 is 1.89 bits per heavy atom. The Balaban J connectivity index is 3.16. The number of hydrogen-bond donors (Lipinski definition) is 0. The summed E-state index contributed by atoms with van der Waals surface area (Å²) in [5.41, 5.74) is 0. The van der Waals surface area contributed by atoms with E-state index in [4.69, 9.17) is 0 Å². The molecule has 0 rings (SSSR count). The van der Waals surface area contributed by atoms with Gasteiger partial charge in [0.25, 0.3) is 0 Å². The summed E-state index contributed by atoms with van der Waals surface area (Å²) >= 11 is 0. The molecule has 0 aliphatic heterocycles. The highest BCUT2D eigenvalue weighted by Crippen LogP contribution is 1.96. The van der Waals surface area contributed by atoms with Gasteiger partial charge in [0.15, 0.2) is 0 Å². The summed E-state index contributed by atoms with van der Waals surface area (Å²) in [7, 11) is 0. The van der Waals surface area contributed by atoms with Gasteiger partial charge in [-0.1, -0.05) is 20.8 Å². The Morgan fingerprint density at radius 3 is 2.33 bits per heavy atom. The zero-order chi connectivity index (χ0) is 7.11. The molecule has 0 nitrogen and oxygen atoms in total. The largest absolute Gasteiger partial charge is 0.103 e. The molecule has 0 atom stereocenters. The van der Waals surface area contributed by atoms with Crippen molar-refractivity contribution in [2.45, 2.75) is 40.0 Å². The summed E-state index contributed by atoms with van der Waals surface area (Å²) in [5, 5.41) is 0. The van der Waals surface area contributed by atoms with Crippen LogP contribution in [-0.4, -0.2) is 0 Å². The summed E-state index contributed by atoms with van der Waals surface area (Å²) < 4.78 is 0. The first-order valence-electron chi connectivity index (χ1n) is 3.73. The molecule has 0 aromatic heterocycles. The van der Waals surface area contributed by atoms with Gasteiger partial charge in [-0.15, -0.1) is 11.8 Å². The molecule has 0 heterocycles. The molecule has 0 aromatic rings. The van der Waals surface area contributed by atoms with E-state index in [0.717, 1.165) is 18.8 Å². The molecule has 0 heteroatoms. The molecule has 0 amide bonds. The van der Waals surface area contributed by atoms with Crippen LogP contribution >= 0.6 is 0 Å². The second-order valence-corrected chi connectivity index (χ2v) is 2.70. The van der Waals surface area contributed by atoms with Gasteiger partial charge in [-0.3, -0.25) is 0 Å². The van der Waals surface area contributed by atoms with Gasteiger partial charge >= 0.3 is 0 Å². The van der Waals surface area contributed by atoms with E-state index < -0.39 is 0 Å². The van der Waals surface area contributed by atoms with Crippen LogP contribution in [0.3, 0.4) is 0 Å². The third kappa shape index (κ3) is 7.56. The highest BCUT2D eigenvalue weighted by molar-refractivity contribution is 4.98. The second-order valence-electron chi connectivity index (χ2n) is 2.70. The molecule has 52 valence electrons. The van der Waals surface area contributed by atoms with Crippen molar-refractivity contribution in [2.75, 3.05) is 0 Å². The van der Waals surface area contributed by atoms with Gasteiger partial charge in [0, 0.05) is 12.8 Å². The summed E-state index contributed by atoms with van der Waals surface area (Å²) in [6.07, 6.45) is 3.30. The molecule has 0 radical (unpaired) electrons. The highest BCUT2D eigenvalue weighted by Gasteiger charge is 1.84. The smallest absolute Gasteiger partial charge is 0.0112 e. The number of unbranched alkanes of at least 4 members (excludes halogenated alkanes) is 1. The molecule has 9 heavy (non-hydrogen) atoms. The van der Waals surface area contributed by atoms with Gasteiger partial charge in [0.1, 0.15) is 0 Å². The van der Waals surface area contributed by atoms with E-state index in [1.54, 1.807) is 0 Å². The predicted molar refractivity (Wildman–Crippen MR) is 42.1 cm³/mol. The van der Waals surface area contributed by atoms with Crippen molar-refractivity contribution in [1.29, 1.82) is 0 Å². The molecule has 0 aliphatic carbocycles. The van der Waals surface area contributed by atoms with Crippen molar-refractivity contribution in [2.24, 2.45) is 5.92 Å². The molecule has 0 fully saturated rings. The van der Waals surface area contributed by atoms with Crippen molar-refractivity contribution in [1.82, 2.24) is 0 Å². The zero-order valence-electron chi connectivity index (χ0n) is 6.70. The van der Waals surface area contributed by atoms with E-state index in [2.05, 4.69) is 32.6 Å². The minimum absolute atomic E-state index is 0.731.